The smallest absolute Gasteiger partial charge is 0.292 e. The number of nitrogens with one attached hydrogen (secondary N) is 1. The van der Waals surface area contributed by atoms with E-state index in [-0.39, 0.29) is 11.8 Å². The van der Waals surface area contributed by atoms with Crippen molar-refractivity contribution < 1.29 is 14.3 Å². The van der Waals surface area contributed by atoms with Gasteiger partial charge in [-0.3, -0.25) is 14.0 Å². The van der Waals surface area contributed by atoms with Crippen molar-refractivity contribution in [2.75, 3.05) is 31.6 Å². The first-order valence-electron chi connectivity index (χ1n) is 8.84. The Morgan fingerprint density at radius 2 is 1.96 bits per heavy atom. The summed E-state index contributed by atoms with van der Waals surface area (Å²) in [4.78, 5) is 31.4. The van der Waals surface area contributed by atoms with Crippen molar-refractivity contribution in [1.29, 1.82) is 0 Å². The van der Waals surface area contributed by atoms with Gasteiger partial charge in [0.15, 0.2) is 0 Å². The number of rotatable bonds is 3. The Morgan fingerprint density at radius 3 is 2.78 bits per heavy atom. The molecule has 1 aliphatic rings. The maximum absolute atomic E-state index is 12.8. The van der Waals surface area contributed by atoms with E-state index in [9.17, 15) is 9.59 Å². The van der Waals surface area contributed by atoms with Crippen molar-refractivity contribution in [1.82, 2.24) is 14.3 Å². The minimum Gasteiger partial charge on any atom is -0.378 e. The molecule has 2 aromatic heterocycles. The number of carbonyl (C=O) groups is 2. The molecule has 27 heavy (non-hydrogen) atoms. The van der Waals surface area contributed by atoms with Crippen LogP contribution in [0.15, 0.2) is 48.8 Å². The highest BCUT2D eigenvalue weighted by Crippen LogP contribution is 2.19. The lowest BCUT2D eigenvalue weighted by Crippen LogP contribution is -2.41. The van der Waals surface area contributed by atoms with Crippen LogP contribution in [0.3, 0.4) is 0 Å². The van der Waals surface area contributed by atoms with Gasteiger partial charge >= 0.3 is 0 Å². The molecule has 0 atom stereocenters. The number of pyridine rings is 1. The number of nitrogens with zero attached hydrogens (tertiary/aromatic N) is 3. The van der Waals surface area contributed by atoms with Crippen LogP contribution in [-0.4, -0.2) is 52.4 Å². The number of ether oxygens (including phenoxy) is 1. The van der Waals surface area contributed by atoms with E-state index in [2.05, 4.69) is 10.3 Å². The monoisotopic (exact) mass is 364 g/mol. The highest BCUT2D eigenvalue weighted by atomic mass is 16.5. The van der Waals surface area contributed by atoms with E-state index >= 15 is 0 Å². The van der Waals surface area contributed by atoms with Crippen LogP contribution in [0.1, 0.15) is 26.5 Å². The van der Waals surface area contributed by atoms with E-state index in [1.807, 2.05) is 31.2 Å². The SMILES string of the molecule is Cc1ccc(NC(=O)c2ncc3ccccn23)cc1C(=O)N1CCOCC1. The molecule has 4 rings (SSSR count). The normalized spacial score (nSPS) is 14.3. The van der Waals surface area contributed by atoms with Crippen LogP contribution < -0.4 is 5.32 Å². The molecule has 1 aromatic carbocycles. The molecule has 7 nitrogen and oxygen atoms in total. The second-order valence-corrected chi connectivity index (χ2v) is 6.47. The van der Waals surface area contributed by atoms with Crippen molar-refractivity contribution in [3.63, 3.8) is 0 Å². The Labute approximate surface area is 156 Å². The Hall–Kier alpha value is -3.19. The molecular weight excluding hydrogens is 344 g/mol. The van der Waals surface area contributed by atoms with Crippen LogP contribution in [0.5, 0.6) is 0 Å². The van der Waals surface area contributed by atoms with Crippen molar-refractivity contribution in [3.8, 4) is 0 Å². The second kappa shape index (κ2) is 7.20. The number of imidazole rings is 1. The zero-order valence-electron chi connectivity index (χ0n) is 15.0. The van der Waals surface area contributed by atoms with E-state index in [1.54, 1.807) is 33.8 Å². The summed E-state index contributed by atoms with van der Waals surface area (Å²) in [5.74, 6) is -0.0692. The van der Waals surface area contributed by atoms with Crippen molar-refractivity contribution >= 4 is 23.0 Å². The topological polar surface area (TPSA) is 75.9 Å². The van der Waals surface area contributed by atoms with Gasteiger partial charge in [-0.05, 0) is 36.8 Å². The molecule has 7 heteroatoms. The lowest BCUT2D eigenvalue weighted by molar-refractivity contribution is 0.0302. The molecule has 138 valence electrons. The van der Waals surface area contributed by atoms with E-state index < -0.39 is 0 Å². The van der Waals surface area contributed by atoms with Gasteiger partial charge in [0.1, 0.15) is 0 Å². The minimum atomic E-state index is -0.324. The van der Waals surface area contributed by atoms with E-state index in [1.165, 1.54) is 0 Å². The number of benzene rings is 1. The number of carbonyl (C=O) groups excluding carboxylic acids is 2. The van der Waals surface area contributed by atoms with Gasteiger partial charge in [0.25, 0.3) is 11.8 Å². The van der Waals surface area contributed by atoms with Crippen LogP contribution >= 0.6 is 0 Å². The quantitative estimate of drug-likeness (QED) is 0.774. The fraction of sp³-hybridized carbons (Fsp3) is 0.250. The van der Waals surface area contributed by atoms with E-state index in [0.717, 1.165) is 11.1 Å². The zero-order chi connectivity index (χ0) is 18.8. The first-order chi connectivity index (χ1) is 13.1. The number of aryl methyl sites for hydroxylation is 1. The Bertz CT molecular complexity index is 1010. The van der Waals surface area contributed by atoms with Gasteiger partial charge in [-0.25, -0.2) is 4.98 Å². The molecule has 1 saturated heterocycles. The Morgan fingerprint density at radius 1 is 1.15 bits per heavy atom. The van der Waals surface area contributed by atoms with Crippen molar-refractivity contribution in [3.05, 3.63) is 65.7 Å². The summed E-state index contributed by atoms with van der Waals surface area (Å²) < 4.78 is 7.03. The molecule has 0 saturated carbocycles. The molecule has 1 fully saturated rings. The Kier molecular flexibility index (Phi) is 4.60. The fourth-order valence-corrected chi connectivity index (χ4v) is 3.17. The van der Waals surface area contributed by atoms with E-state index in [0.29, 0.717) is 43.4 Å². The molecule has 1 N–H and O–H groups in total. The number of hydrogen-bond acceptors (Lipinski definition) is 4. The van der Waals surface area contributed by atoms with Crippen LogP contribution in [0, 0.1) is 6.92 Å². The predicted molar refractivity (Wildman–Crippen MR) is 101 cm³/mol. The van der Waals surface area contributed by atoms with Gasteiger partial charge in [-0.1, -0.05) is 12.1 Å². The number of hydrogen-bond donors (Lipinski definition) is 1. The summed E-state index contributed by atoms with van der Waals surface area (Å²) >= 11 is 0. The second-order valence-electron chi connectivity index (χ2n) is 6.47. The molecule has 0 spiro atoms. The van der Waals surface area contributed by atoms with Crippen LogP contribution in [-0.2, 0) is 4.74 Å². The standard InChI is InChI=1S/C20H20N4O3/c1-14-5-6-15(12-17(14)20(26)23-8-10-27-11-9-23)22-19(25)18-21-13-16-4-2-3-7-24(16)18/h2-7,12-13H,8-11H2,1H3,(H,22,25). The molecule has 0 aliphatic carbocycles. The summed E-state index contributed by atoms with van der Waals surface area (Å²) in [6.07, 6.45) is 3.44. The van der Waals surface area contributed by atoms with E-state index in [4.69, 9.17) is 4.74 Å². The van der Waals surface area contributed by atoms with Gasteiger partial charge < -0.3 is 15.0 Å². The summed E-state index contributed by atoms with van der Waals surface area (Å²) in [5.41, 5.74) is 2.86. The Balaban J connectivity index is 1.57. The average Bonchev–Trinajstić information content (AvgIpc) is 3.14. The summed E-state index contributed by atoms with van der Waals surface area (Å²) in [5, 5.41) is 2.84. The molecule has 0 radical (unpaired) electrons. The minimum absolute atomic E-state index is 0.0434. The van der Waals surface area contributed by atoms with Gasteiger partial charge in [-0.15, -0.1) is 0 Å². The largest absolute Gasteiger partial charge is 0.378 e. The number of amides is 2. The third kappa shape index (κ3) is 3.41. The summed E-state index contributed by atoms with van der Waals surface area (Å²) in [7, 11) is 0. The van der Waals surface area contributed by atoms with Crippen LogP contribution in [0.25, 0.3) is 5.52 Å². The first-order valence-corrected chi connectivity index (χ1v) is 8.84. The van der Waals surface area contributed by atoms with Gasteiger partial charge in [0, 0.05) is 30.5 Å². The molecule has 0 unspecified atom stereocenters. The number of anilines is 1. The van der Waals surface area contributed by atoms with Gasteiger partial charge in [-0.2, -0.15) is 0 Å². The summed E-state index contributed by atoms with van der Waals surface area (Å²) in [6, 6.07) is 11.0. The molecule has 3 heterocycles. The molecular formula is C20H20N4O3. The highest BCUT2D eigenvalue weighted by molar-refractivity contribution is 6.03. The fourth-order valence-electron chi connectivity index (χ4n) is 3.17. The van der Waals surface area contributed by atoms with Gasteiger partial charge in [0.05, 0.1) is 24.9 Å². The van der Waals surface area contributed by atoms with Crippen molar-refractivity contribution in [2.45, 2.75) is 6.92 Å². The third-order valence-electron chi connectivity index (χ3n) is 4.67. The van der Waals surface area contributed by atoms with Crippen LogP contribution in [0.4, 0.5) is 5.69 Å². The number of morpholine rings is 1. The van der Waals surface area contributed by atoms with Crippen molar-refractivity contribution in [2.24, 2.45) is 0 Å². The lowest BCUT2D eigenvalue weighted by atomic mass is 10.1. The average molecular weight is 364 g/mol. The molecule has 2 amide bonds. The zero-order valence-corrected chi connectivity index (χ0v) is 15.0. The van der Waals surface area contributed by atoms with Gasteiger partial charge in [0.2, 0.25) is 5.82 Å². The highest BCUT2D eigenvalue weighted by Gasteiger charge is 2.21. The molecule has 3 aromatic rings. The first kappa shape index (κ1) is 17.2. The maximum atomic E-state index is 12.8. The lowest BCUT2D eigenvalue weighted by Gasteiger charge is -2.27. The molecule has 0 bridgehead atoms. The third-order valence-corrected chi connectivity index (χ3v) is 4.67. The van der Waals surface area contributed by atoms with Crippen LogP contribution in [0.2, 0.25) is 0 Å². The predicted octanol–water partition coefficient (Wildman–Crippen LogP) is 2.37. The maximum Gasteiger partial charge on any atom is 0.292 e. The summed E-state index contributed by atoms with van der Waals surface area (Å²) in [6.45, 7) is 4.15. The molecule has 1 aliphatic heterocycles. The number of aromatic nitrogens is 2. The number of fused-ring (bicyclic) bond motifs is 1.